The van der Waals surface area contributed by atoms with E-state index in [0.29, 0.717) is 17.9 Å². The van der Waals surface area contributed by atoms with Crippen LogP contribution in [0.4, 0.5) is 0 Å². The van der Waals surface area contributed by atoms with Gasteiger partial charge in [-0.2, -0.15) is 0 Å². The van der Waals surface area contributed by atoms with E-state index in [9.17, 15) is 20.4 Å². The van der Waals surface area contributed by atoms with E-state index >= 15 is 0 Å². The second-order valence-electron chi connectivity index (χ2n) is 7.48. The molecular formula is C23H30O8. The SMILES string of the molecule is CCc1ccc(Cc2ccc(OCOC)cc2O[C@@H]2O[C@H](CO)[C@@H](O)[C@H](O)[C@H]2O)cc1. The maximum atomic E-state index is 10.3. The normalized spacial score (nSPS) is 25.9. The molecule has 8 nitrogen and oxygen atoms in total. The van der Waals surface area contributed by atoms with Gasteiger partial charge in [-0.05, 0) is 29.2 Å². The molecule has 0 unspecified atom stereocenters. The predicted molar refractivity (Wildman–Crippen MR) is 112 cm³/mol. The monoisotopic (exact) mass is 434 g/mol. The molecule has 0 spiro atoms. The van der Waals surface area contributed by atoms with E-state index in [1.807, 2.05) is 18.2 Å². The first kappa shape index (κ1) is 23.5. The summed E-state index contributed by atoms with van der Waals surface area (Å²) >= 11 is 0. The summed E-state index contributed by atoms with van der Waals surface area (Å²) in [6.07, 6.45) is -5.30. The van der Waals surface area contributed by atoms with E-state index in [0.717, 1.165) is 17.5 Å². The third-order valence-electron chi connectivity index (χ3n) is 5.30. The Morgan fingerprint density at radius 2 is 1.65 bits per heavy atom. The highest BCUT2D eigenvalue weighted by Gasteiger charge is 2.44. The summed E-state index contributed by atoms with van der Waals surface area (Å²) in [5.41, 5.74) is 3.12. The molecular weight excluding hydrogens is 404 g/mol. The second-order valence-corrected chi connectivity index (χ2v) is 7.48. The average molecular weight is 434 g/mol. The Balaban J connectivity index is 1.86. The fourth-order valence-corrected chi connectivity index (χ4v) is 3.41. The van der Waals surface area contributed by atoms with Crippen molar-refractivity contribution in [3.63, 3.8) is 0 Å². The number of aliphatic hydroxyl groups is 4. The summed E-state index contributed by atoms with van der Waals surface area (Å²) < 4.78 is 21.8. The number of methoxy groups -OCH3 is 1. The number of aryl methyl sites for hydroxylation is 1. The molecule has 0 radical (unpaired) electrons. The number of benzene rings is 2. The van der Waals surface area contributed by atoms with Crippen molar-refractivity contribution in [3.8, 4) is 11.5 Å². The smallest absolute Gasteiger partial charge is 0.229 e. The van der Waals surface area contributed by atoms with E-state index in [4.69, 9.17) is 18.9 Å². The number of ether oxygens (including phenoxy) is 4. The standard InChI is InChI=1S/C23H30O8/c1-3-14-4-6-15(7-5-14)10-16-8-9-17(29-13-28-2)11-18(16)30-23-22(27)21(26)20(25)19(12-24)31-23/h4-9,11,19-27H,3,10,12-13H2,1-2H3/t19-,20-,21+,22-,23-/m1/s1. The highest BCUT2D eigenvalue weighted by molar-refractivity contribution is 5.43. The lowest BCUT2D eigenvalue weighted by molar-refractivity contribution is -0.277. The van der Waals surface area contributed by atoms with Crippen molar-refractivity contribution < 1.29 is 39.4 Å². The van der Waals surface area contributed by atoms with Gasteiger partial charge in [-0.15, -0.1) is 0 Å². The molecule has 3 rings (SSSR count). The molecule has 2 aromatic carbocycles. The van der Waals surface area contributed by atoms with E-state index in [1.54, 1.807) is 12.1 Å². The third-order valence-corrected chi connectivity index (χ3v) is 5.30. The van der Waals surface area contributed by atoms with Crippen LogP contribution in [0.25, 0.3) is 0 Å². The van der Waals surface area contributed by atoms with Crippen LogP contribution in [0, 0.1) is 0 Å². The van der Waals surface area contributed by atoms with Crippen molar-refractivity contribution in [3.05, 3.63) is 59.2 Å². The molecule has 1 aliphatic rings. The van der Waals surface area contributed by atoms with Gasteiger partial charge in [0.2, 0.25) is 6.29 Å². The Morgan fingerprint density at radius 1 is 0.935 bits per heavy atom. The highest BCUT2D eigenvalue weighted by atomic mass is 16.7. The van der Waals surface area contributed by atoms with Gasteiger partial charge in [0.25, 0.3) is 0 Å². The van der Waals surface area contributed by atoms with Gasteiger partial charge in [0.15, 0.2) is 6.79 Å². The van der Waals surface area contributed by atoms with Crippen molar-refractivity contribution in [1.29, 1.82) is 0 Å². The predicted octanol–water partition coefficient (Wildman–Crippen LogP) is 1.00. The first-order valence-corrected chi connectivity index (χ1v) is 10.3. The third kappa shape index (κ3) is 5.74. The van der Waals surface area contributed by atoms with Crippen LogP contribution in [0.2, 0.25) is 0 Å². The lowest BCUT2D eigenvalue weighted by Crippen LogP contribution is -2.60. The van der Waals surface area contributed by atoms with Crippen LogP contribution in [0.15, 0.2) is 42.5 Å². The summed E-state index contributed by atoms with van der Waals surface area (Å²) in [6, 6.07) is 13.5. The Hall–Kier alpha value is -2.20. The van der Waals surface area contributed by atoms with Gasteiger partial charge < -0.3 is 39.4 Å². The van der Waals surface area contributed by atoms with E-state index < -0.39 is 37.3 Å². The fourth-order valence-electron chi connectivity index (χ4n) is 3.41. The van der Waals surface area contributed by atoms with Crippen LogP contribution in [0.3, 0.4) is 0 Å². The molecule has 0 bridgehead atoms. The summed E-state index contributed by atoms with van der Waals surface area (Å²) in [5.74, 6) is 0.879. The largest absolute Gasteiger partial charge is 0.467 e. The molecule has 0 saturated carbocycles. The first-order chi connectivity index (χ1) is 15.0. The van der Waals surface area contributed by atoms with Crippen LogP contribution in [0.1, 0.15) is 23.6 Å². The molecule has 1 fully saturated rings. The minimum absolute atomic E-state index is 0.0529. The van der Waals surface area contributed by atoms with Crippen molar-refractivity contribution in [2.75, 3.05) is 20.5 Å². The van der Waals surface area contributed by atoms with E-state index in [1.165, 1.54) is 12.7 Å². The van der Waals surface area contributed by atoms with Gasteiger partial charge in [-0.3, -0.25) is 0 Å². The molecule has 31 heavy (non-hydrogen) atoms. The van der Waals surface area contributed by atoms with Gasteiger partial charge in [0, 0.05) is 19.6 Å². The molecule has 0 amide bonds. The second kappa shape index (κ2) is 10.9. The first-order valence-electron chi connectivity index (χ1n) is 10.3. The average Bonchev–Trinajstić information content (AvgIpc) is 2.79. The summed E-state index contributed by atoms with van der Waals surface area (Å²) in [7, 11) is 1.51. The van der Waals surface area contributed by atoms with Gasteiger partial charge in [0.1, 0.15) is 35.9 Å². The molecule has 5 atom stereocenters. The molecule has 1 aliphatic heterocycles. The van der Waals surface area contributed by atoms with Gasteiger partial charge in [0.05, 0.1) is 6.61 Å². The highest BCUT2D eigenvalue weighted by Crippen LogP contribution is 2.31. The molecule has 1 heterocycles. The molecule has 170 valence electrons. The van der Waals surface area contributed by atoms with Crippen molar-refractivity contribution in [2.24, 2.45) is 0 Å². The van der Waals surface area contributed by atoms with Crippen LogP contribution in [-0.2, 0) is 22.3 Å². The maximum Gasteiger partial charge on any atom is 0.229 e. The van der Waals surface area contributed by atoms with Gasteiger partial charge in [-0.1, -0.05) is 37.3 Å². The number of hydrogen-bond acceptors (Lipinski definition) is 8. The number of rotatable bonds is 9. The Bertz CT molecular complexity index is 823. The topological polar surface area (TPSA) is 118 Å². The fraction of sp³-hybridized carbons (Fsp3) is 0.478. The zero-order valence-electron chi connectivity index (χ0n) is 17.7. The minimum Gasteiger partial charge on any atom is -0.467 e. The molecule has 4 N–H and O–H groups in total. The van der Waals surface area contributed by atoms with Crippen molar-refractivity contribution >= 4 is 0 Å². The van der Waals surface area contributed by atoms with Gasteiger partial charge in [-0.25, -0.2) is 0 Å². The quantitative estimate of drug-likeness (QED) is 0.432. The maximum absolute atomic E-state index is 10.3. The van der Waals surface area contributed by atoms with Crippen LogP contribution < -0.4 is 9.47 Å². The van der Waals surface area contributed by atoms with Crippen LogP contribution >= 0.6 is 0 Å². The Kier molecular flexibility index (Phi) is 8.25. The Labute approximate surface area is 181 Å². The van der Waals surface area contributed by atoms with E-state index in [2.05, 4.69) is 19.1 Å². The Morgan fingerprint density at radius 3 is 2.29 bits per heavy atom. The van der Waals surface area contributed by atoms with Gasteiger partial charge >= 0.3 is 0 Å². The van der Waals surface area contributed by atoms with Crippen molar-refractivity contribution in [1.82, 2.24) is 0 Å². The van der Waals surface area contributed by atoms with E-state index in [-0.39, 0.29) is 6.79 Å². The zero-order chi connectivity index (χ0) is 22.4. The minimum atomic E-state index is -1.52. The zero-order valence-corrected chi connectivity index (χ0v) is 17.7. The number of hydrogen-bond donors (Lipinski definition) is 4. The lowest BCUT2D eigenvalue weighted by atomic mass is 9.99. The molecule has 2 aromatic rings. The number of aliphatic hydroxyl groups excluding tert-OH is 4. The molecule has 8 heteroatoms. The summed E-state index contributed by atoms with van der Waals surface area (Å²) in [5, 5.41) is 39.8. The molecule has 1 saturated heterocycles. The summed E-state index contributed by atoms with van der Waals surface area (Å²) in [6.45, 7) is 1.62. The summed E-state index contributed by atoms with van der Waals surface area (Å²) in [4.78, 5) is 0. The van der Waals surface area contributed by atoms with Crippen LogP contribution in [-0.4, -0.2) is 71.6 Å². The lowest BCUT2D eigenvalue weighted by Gasteiger charge is -2.39. The molecule has 0 aromatic heterocycles. The molecule has 0 aliphatic carbocycles. The van der Waals surface area contributed by atoms with Crippen molar-refractivity contribution in [2.45, 2.75) is 50.5 Å². The van der Waals surface area contributed by atoms with Crippen LogP contribution in [0.5, 0.6) is 11.5 Å².